The van der Waals surface area contributed by atoms with Crippen molar-refractivity contribution in [1.82, 2.24) is 0 Å². The summed E-state index contributed by atoms with van der Waals surface area (Å²) in [7, 11) is 0. The zero-order valence-corrected chi connectivity index (χ0v) is 7.15. The van der Waals surface area contributed by atoms with E-state index in [-0.39, 0.29) is 0 Å². The fraction of sp³-hybridized carbons (Fsp3) is 0.636. The summed E-state index contributed by atoms with van der Waals surface area (Å²) in [5, 5.41) is 0. The van der Waals surface area contributed by atoms with Crippen LogP contribution in [0.25, 0.3) is 0 Å². The molecule has 0 spiro atoms. The Morgan fingerprint density at radius 2 is 1.92 bits per heavy atom. The molecule has 2 fully saturated rings. The van der Waals surface area contributed by atoms with Crippen LogP contribution in [-0.2, 0) is 4.74 Å². The molecule has 1 aliphatic heterocycles. The second kappa shape index (κ2) is 2.46. The molecule has 0 aromatic carbocycles. The average Bonchev–Trinajstić information content (AvgIpc) is 2.14. The Bertz CT molecular complexity index is 215. The molecule has 0 N–H and O–H groups in total. The zero-order valence-electron chi connectivity index (χ0n) is 7.15. The summed E-state index contributed by atoms with van der Waals surface area (Å²) in [4.78, 5) is 0. The molecule has 0 aromatic heterocycles. The first-order valence-corrected chi connectivity index (χ1v) is 4.93. The van der Waals surface area contributed by atoms with Crippen molar-refractivity contribution in [2.75, 3.05) is 6.61 Å². The molecule has 1 saturated heterocycles. The lowest BCUT2D eigenvalue weighted by Gasteiger charge is -2.52. The normalized spacial score (nSPS) is 49.3. The standard InChI is InChI=1S/C11H14O/c1-2-5-9-8(4-1)10-6-3-7-12-11(9)10/h1-2,4-5,8-11H,3,6-7H2/t8-,9+,10+,11-/m1/s1. The molecule has 1 saturated carbocycles. The maximum absolute atomic E-state index is 5.76. The Labute approximate surface area is 73.1 Å². The van der Waals surface area contributed by atoms with Crippen LogP contribution in [0.4, 0.5) is 0 Å². The minimum Gasteiger partial charge on any atom is -0.377 e. The van der Waals surface area contributed by atoms with Gasteiger partial charge in [-0.05, 0) is 24.7 Å². The molecule has 0 amide bonds. The summed E-state index contributed by atoms with van der Waals surface area (Å²) in [6.45, 7) is 0.988. The van der Waals surface area contributed by atoms with E-state index >= 15 is 0 Å². The highest BCUT2D eigenvalue weighted by Gasteiger charge is 2.49. The number of hydrogen-bond acceptors (Lipinski definition) is 1. The molecule has 3 aliphatic rings. The first kappa shape index (κ1) is 6.90. The minimum atomic E-state index is 0.560. The molecule has 4 atom stereocenters. The number of hydrogen-bond donors (Lipinski definition) is 0. The lowest BCUT2D eigenvalue weighted by Crippen LogP contribution is -2.53. The summed E-state index contributed by atoms with van der Waals surface area (Å²) in [6, 6.07) is 0. The van der Waals surface area contributed by atoms with Gasteiger partial charge in [0.15, 0.2) is 0 Å². The van der Waals surface area contributed by atoms with Crippen LogP contribution in [0.1, 0.15) is 12.8 Å². The summed E-state index contributed by atoms with van der Waals surface area (Å²) >= 11 is 0. The second-order valence-electron chi connectivity index (χ2n) is 4.07. The average molecular weight is 162 g/mol. The molecule has 2 aliphatic carbocycles. The molecule has 1 nitrogen and oxygen atoms in total. The third kappa shape index (κ3) is 0.776. The molecule has 3 rings (SSSR count). The lowest BCUT2D eigenvalue weighted by atomic mass is 9.58. The van der Waals surface area contributed by atoms with Gasteiger partial charge >= 0.3 is 0 Å². The number of ether oxygens (including phenoxy) is 1. The fourth-order valence-electron chi connectivity index (χ4n) is 2.89. The summed E-state index contributed by atoms with van der Waals surface area (Å²) in [5.41, 5.74) is 0. The molecule has 12 heavy (non-hydrogen) atoms. The Balaban J connectivity index is 1.83. The Hall–Kier alpha value is -0.560. The second-order valence-corrected chi connectivity index (χ2v) is 4.07. The van der Waals surface area contributed by atoms with Gasteiger partial charge in [0.1, 0.15) is 0 Å². The maximum atomic E-state index is 5.76. The quantitative estimate of drug-likeness (QED) is 0.530. The van der Waals surface area contributed by atoms with E-state index in [9.17, 15) is 0 Å². The fourth-order valence-corrected chi connectivity index (χ4v) is 2.89. The third-order valence-electron chi connectivity index (χ3n) is 3.51. The Morgan fingerprint density at radius 1 is 1.08 bits per heavy atom. The number of rotatable bonds is 0. The predicted molar refractivity (Wildman–Crippen MR) is 47.7 cm³/mol. The Morgan fingerprint density at radius 3 is 2.83 bits per heavy atom. The van der Waals surface area contributed by atoms with Crippen molar-refractivity contribution in [2.24, 2.45) is 17.8 Å². The van der Waals surface area contributed by atoms with Crippen LogP contribution in [0.3, 0.4) is 0 Å². The van der Waals surface area contributed by atoms with Crippen molar-refractivity contribution >= 4 is 0 Å². The van der Waals surface area contributed by atoms with Gasteiger partial charge in [0, 0.05) is 12.5 Å². The van der Waals surface area contributed by atoms with Gasteiger partial charge in [-0.1, -0.05) is 24.3 Å². The van der Waals surface area contributed by atoms with E-state index in [1.807, 2.05) is 0 Å². The van der Waals surface area contributed by atoms with Gasteiger partial charge in [0.2, 0.25) is 0 Å². The SMILES string of the molecule is C1=C[C@@H]2[C@H](C=C1)[C@H]1OCCC[C@@H]21. The molecule has 1 heterocycles. The van der Waals surface area contributed by atoms with E-state index in [1.54, 1.807) is 0 Å². The van der Waals surface area contributed by atoms with E-state index in [2.05, 4.69) is 24.3 Å². The van der Waals surface area contributed by atoms with Gasteiger partial charge in [0.05, 0.1) is 6.10 Å². The van der Waals surface area contributed by atoms with Gasteiger partial charge in [-0.15, -0.1) is 0 Å². The van der Waals surface area contributed by atoms with Crippen LogP contribution in [-0.4, -0.2) is 12.7 Å². The molecule has 1 heteroatoms. The molecule has 0 radical (unpaired) electrons. The monoisotopic (exact) mass is 162 g/mol. The predicted octanol–water partition coefficient (Wildman–Crippen LogP) is 2.15. The summed E-state index contributed by atoms with van der Waals surface area (Å²) < 4.78 is 5.76. The van der Waals surface area contributed by atoms with E-state index in [4.69, 9.17) is 4.74 Å². The molecule has 0 unspecified atom stereocenters. The smallest absolute Gasteiger partial charge is 0.0677 e. The highest BCUT2D eigenvalue weighted by molar-refractivity contribution is 5.23. The molecule has 0 aromatic rings. The van der Waals surface area contributed by atoms with Gasteiger partial charge in [0.25, 0.3) is 0 Å². The molecular weight excluding hydrogens is 148 g/mol. The van der Waals surface area contributed by atoms with Crippen LogP contribution in [0, 0.1) is 17.8 Å². The highest BCUT2D eigenvalue weighted by Crippen LogP contribution is 2.50. The van der Waals surface area contributed by atoms with Crippen LogP contribution >= 0.6 is 0 Å². The minimum absolute atomic E-state index is 0.560. The van der Waals surface area contributed by atoms with E-state index in [1.165, 1.54) is 12.8 Å². The maximum Gasteiger partial charge on any atom is 0.0677 e. The topological polar surface area (TPSA) is 9.23 Å². The third-order valence-corrected chi connectivity index (χ3v) is 3.51. The Kier molecular flexibility index (Phi) is 1.42. The zero-order chi connectivity index (χ0) is 7.97. The van der Waals surface area contributed by atoms with Crippen molar-refractivity contribution < 1.29 is 4.74 Å². The van der Waals surface area contributed by atoms with Crippen molar-refractivity contribution in [2.45, 2.75) is 18.9 Å². The van der Waals surface area contributed by atoms with Gasteiger partial charge in [-0.2, -0.15) is 0 Å². The van der Waals surface area contributed by atoms with Gasteiger partial charge in [-0.25, -0.2) is 0 Å². The van der Waals surface area contributed by atoms with Crippen LogP contribution in [0.5, 0.6) is 0 Å². The van der Waals surface area contributed by atoms with E-state index < -0.39 is 0 Å². The van der Waals surface area contributed by atoms with Gasteiger partial charge in [-0.3, -0.25) is 0 Å². The number of fused-ring (bicyclic) bond motifs is 4. The van der Waals surface area contributed by atoms with Crippen molar-refractivity contribution in [3.63, 3.8) is 0 Å². The first-order valence-electron chi connectivity index (χ1n) is 4.93. The van der Waals surface area contributed by atoms with Crippen molar-refractivity contribution in [1.29, 1.82) is 0 Å². The van der Waals surface area contributed by atoms with Crippen LogP contribution in [0.2, 0.25) is 0 Å². The highest BCUT2D eigenvalue weighted by atomic mass is 16.5. The first-order chi connectivity index (χ1) is 5.97. The van der Waals surface area contributed by atoms with E-state index in [0.717, 1.165) is 18.4 Å². The molecule has 0 bridgehead atoms. The van der Waals surface area contributed by atoms with E-state index in [0.29, 0.717) is 12.0 Å². The number of allylic oxidation sites excluding steroid dienone is 3. The summed E-state index contributed by atoms with van der Waals surface area (Å²) in [5.74, 6) is 2.35. The molecular formula is C11H14O. The van der Waals surface area contributed by atoms with Crippen LogP contribution < -0.4 is 0 Å². The van der Waals surface area contributed by atoms with Crippen LogP contribution in [0.15, 0.2) is 24.3 Å². The largest absolute Gasteiger partial charge is 0.377 e. The van der Waals surface area contributed by atoms with Crippen molar-refractivity contribution in [3.05, 3.63) is 24.3 Å². The van der Waals surface area contributed by atoms with Gasteiger partial charge < -0.3 is 4.74 Å². The summed E-state index contributed by atoms with van der Waals surface area (Å²) in [6.07, 6.45) is 12.2. The lowest BCUT2D eigenvalue weighted by molar-refractivity contribution is -0.139. The van der Waals surface area contributed by atoms with Crippen molar-refractivity contribution in [3.8, 4) is 0 Å². The molecule has 64 valence electrons.